The van der Waals surface area contributed by atoms with Gasteiger partial charge >= 0.3 is 0 Å². The Morgan fingerprint density at radius 2 is 2.10 bits per heavy atom. The van der Waals surface area contributed by atoms with E-state index in [1.807, 2.05) is 0 Å². The third-order valence-electron chi connectivity index (χ3n) is 4.89. The molecule has 0 aliphatic carbocycles. The summed E-state index contributed by atoms with van der Waals surface area (Å²) in [6, 6.07) is 5.96. The maximum Gasteiger partial charge on any atom is 0.278 e. The van der Waals surface area contributed by atoms with Crippen molar-refractivity contribution in [1.82, 2.24) is 24.4 Å². The third-order valence-corrected chi connectivity index (χ3v) is 6.69. The van der Waals surface area contributed by atoms with Crippen molar-refractivity contribution in [2.45, 2.75) is 25.0 Å². The second-order valence-corrected chi connectivity index (χ2v) is 8.99. The lowest BCUT2D eigenvalue weighted by atomic mass is 9.96. The van der Waals surface area contributed by atoms with Crippen molar-refractivity contribution in [2.24, 2.45) is 5.92 Å². The van der Waals surface area contributed by atoms with Crippen LogP contribution in [0.5, 0.6) is 0 Å². The molecule has 0 radical (unpaired) electrons. The van der Waals surface area contributed by atoms with Crippen molar-refractivity contribution >= 4 is 10.0 Å². The van der Waals surface area contributed by atoms with Gasteiger partial charge in [-0.25, -0.2) is 22.1 Å². The first kappa shape index (κ1) is 19.6. The Morgan fingerprint density at radius 3 is 2.90 bits per heavy atom. The van der Waals surface area contributed by atoms with Crippen molar-refractivity contribution in [3.63, 3.8) is 0 Å². The summed E-state index contributed by atoms with van der Waals surface area (Å²) in [5.41, 5.74) is 0.672. The van der Waals surface area contributed by atoms with Crippen LogP contribution < -0.4 is 0 Å². The number of piperidine rings is 1. The predicted molar refractivity (Wildman–Crippen MR) is 102 cm³/mol. The second kappa shape index (κ2) is 8.34. The molecule has 0 amide bonds. The van der Waals surface area contributed by atoms with Crippen LogP contribution in [-0.2, 0) is 22.2 Å². The number of benzene rings is 1. The van der Waals surface area contributed by atoms with Gasteiger partial charge in [-0.15, -0.1) is 0 Å². The average Bonchev–Trinajstić information content (AvgIpc) is 3.19. The predicted octanol–water partition coefficient (Wildman–Crippen LogP) is 2.45. The number of sulfonamides is 1. The summed E-state index contributed by atoms with van der Waals surface area (Å²) >= 11 is 0. The van der Waals surface area contributed by atoms with Gasteiger partial charge in [0.05, 0.1) is 11.9 Å². The summed E-state index contributed by atoms with van der Waals surface area (Å²) in [6.07, 6.45) is 6.72. The highest BCUT2D eigenvalue weighted by molar-refractivity contribution is 7.88. The van der Waals surface area contributed by atoms with Crippen molar-refractivity contribution < 1.29 is 17.3 Å². The van der Waals surface area contributed by atoms with Crippen molar-refractivity contribution in [1.29, 1.82) is 0 Å². The molecule has 3 aromatic rings. The molecule has 1 unspecified atom stereocenters. The molecule has 0 saturated carbocycles. The Bertz CT molecular complexity index is 1070. The van der Waals surface area contributed by atoms with Gasteiger partial charge in [0.1, 0.15) is 11.5 Å². The molecule has 8 nitrogen and oxygen atoms in total. The molecule has 1 aliphatic heterocycles. The largest absolute Gasteiger partial charge is 0.332 e. The van der Waals surface area contributed by atoms with Crippen molar-refractivity contribution in [2.75, 3.05) is 13.1 Å². The fourth-order valence-electron chi connectivity index (χ4n) is 3.46. The Kier molecular flexibility index (Phi) is 5.63. The van der Waals surface area contributed by atoms with Crippen LogP contribution in [0.1, 0.15) is 24.2 Å². The monoisotopic (exact) mass is 417 g/mol. The van der Waals surface area contributed by atoms with E-state index in [-0.39, 0.29) is 23.1 Å². The van der Waals surface area contributed by atoms with E-state index in [0.29, 0.717) is 31.0 Å². The molecule has 1 fully saturated rings. The Morgan fingerprint density at radius 1 is 1.24 bits per heavy atom. The third kappa shape index (κ3) is 4.65. The number of aromatic nitrogens is 4. The van der Waals surface area contributed by atoms with Gasteiger partial charge in [-0.3, -0.25) is 4.98 Å². The Hall–Kier alpha value is -2.72. The fourth-order valence-corrected chi connectivity index (χ4v) is 5.11. The quantitative estimate of drug-likeness (QED) is 0.607. The molecule has 0 bridgehead atoms. The van der Waals surface area contributed by atoms with E-state index < -0.39 is 15.8 Å². The summed E-state index contributed by atoms with van der Waals surface area (Å²) in [7, 11) is -3.61. The van der Waals surface area contributed by atoms with E-state index in [0.717, 1.165) is 12.8 Å². The summed E-state index contributed by atoms with van der Waals surface area (Å²) in [6.45, 7) is 0.788. The number of hydrogen-bond acceptors (Lipinski definition) is 7. The van der Waals surface area contributed by atoms with Crippen LogP contribution in [0.2, 0.25) is 0 Å². The molecular weight excluding hydrogens is 397 g/mol. The van der Waals surface area contributed by atoms with E-state index >= 15 is 0 Å². The number of nitrogens with zero attached hydrogens (tertiary/aromatic N) is 5. The van der Waals surface area contributed by atoms with Gasteiger partial charge in [0.15, 0.2) is 5.82 Å². The highest BCUT2D eigenvalue weighted by Gasteiger charge is 2.30. The molecule has 3 heterocycles. The van der Waals surface area contributed by atoms with Gasteiger partial charge in [0, 0.05) is 37.5 Å². The molecule has 0 N–H and O–H groups in total. The van der Waals surface area contributed by atoms with Crippen LogP contribution in [-0.4, -0.2) is 45.9 Å². The van der Waals surface area contributed by atoms with Crippen LogP contribution >= 0.6 is 0 Å². The molecule has 2 aromatic heterocycles. The summed E-state index contributed by atoms with van der Waals surface area (Å²) in [5, 5.41) is 3.98. The van der Waals surface area contributed by atoms with E-state index in [1.165, 1.54) is 22.6 Å². The van der Waals surface area contributed by atoms with Crippen LogP contribution in [0.4, 0.5) is 4.39 Å². The Balaban J connectivity index is 1.42. The van der Waals surface area contributed by atoms with E-state index in [1.54, 1.807) is 24.5 Å². The van der Waals surface area contributed by atoms with Crippen LogP contribution in [0.15, 0.2) is 47.4 Å². The number of hydrogen-bond donors (Lipinski definition) is 0. The number of halogens is 1. The smallest absolute Gasteiger partial charge is 0.278 e. The molecule has 29 heavy (non-hydrogen) atoms. The first-order valence-corrected chi connectivity index (χ1v) is 10.9. The maximum atomic E-state index is 13.9. The zero-order chi connectivity index (χ0) is 20.3. The van der Waals surface area contributed by atoms with Gasteiger partial charge in [-0.1, -0.05) is 23.4 Å². The molecule has 1 atom stereocenters. The molecule has 1 aliphatic rings. The minimum Gasteiger partial charge on any atom is -0.332 e. The highest BCUT2D eigenvalue weighted by Crippen LogP contribution is 2.25. The van der Waals surface area contributed by atoms with Crippen LogP contribution in [0.3, 0.4) is 0 Å². The minimum atomic E-state index is -3.61. The van der Waals surface area contributed by atoms with Crippen LogP contribution in [0.25, 0.3) is 11.6 Å². The van der Waals surface area contributed by atoms with Crippen LogP contribution in [0, 0.1) is 11.7 Å². The topological polar surface area (TPSA) is 102 Å². The van der Waals surface area contributed by atoms with Gasteiger partial charge in [-0.2, -0.15) is 4.98 Å². The maximum absolute atomic E-state index is 13.9. The fraction of sp³-hybridized carbons (Fsp3) is 0.368. The summed E-state index contributed by atoms with van der Waals surface area (Å²) < 4.78 is 46.1. The lowest BCUT2D eigenvalue weighted by molar-refractivity contribution is 0.260. The molecule has 0 spiro atoms. The molecule has 10 heteroatoms. The average molecular weight is 417 g/mol. The Labute approximate surface area is 167 Å². The first-order chi connectivity index (χ1) is 14.0. The first-order valence-electron chi connectivity index (χ1n) is 9.31. The van der Waals surface area contributed by atoms with Gasteiger partial charge < -0.3 is 4.52 Å². The summed E-state index contributed by atoms with van der Waals surface area (Å²) in [5.74, 6) is 0.00202. The van der Waals surface area contributed by atoms with Gasteiger partial charge in [0.2, 0.25) is 10.0 Å². The molecule has 1 saturated heterocycles. The zero-order valence-corrected chi connectivity index (χ0v) is 16.4. The SMILES string of the molecule is O=S(=O)(Cc1ccccc1F)N1CCCC(Cc2noc(-c3cnccn3)n2)C1. The van der Waals surface area contributed by atoms with Gasteiger partial charge in [-0.05, 0) is 24.8 Å². The van der Waals surface area contributed by atoms with Crippen molar-refractivity contribution in [3.8, 4) is 11.6 Å². The minimum absolute atomic E-state index is 0.0615. The van der Waals surface area contributed by atoms with Crippen molar-refractivity contribution in [3.05, 3.63) is 60.1 Å². The molecule has 4 rings (SSSR count). The lowest BCUT2D eigenvalue weighted by Gasteiger charge is -2.31. The molecule has 152 valence electrons. The molecule has 1 aromatic carbocycles. The van der Waals surface area contributed by atoms with E-state index in [2.05, 4.69) is 20.1 Å². The normalized spacial score (nSPS) is 18.0. The lowest BCUT2D eigenvalue weighted by Crippen LogP contribution is -2.41. The number of rotatable bonds is 6. The van der Waals surface area contributed by atoms with E-state index in [9.17, 15) is 12.8 Å². The second-order valence-electron chi connectivity index (χ2n) is 7.02. The molecular formula is C19H20FN5O3S. The summed E-state index contributed by atoms with van der Waals surface area (Å²) in [4.78, 5) is 12.4. The van der Waals surface area contributed by atoms with Gasteiger partial charge in [0.25, 0.3) is 5.89 Å². The zero-order valence-electron chi connectivity index (χ0n) is 15.6. The van der Waals surface area contributed by atoms with E-state index in [4.69, 9.17) is 4.52 Å². The standard InChI is InChI=1S/C19H20FN5O3S/c20-16-6-2-1-5-15(16)13-29(26,27)25-9-3-4-14(12-25)10-18-23-19(28-24-18)17-11-21-7-8-22-17/h1-2,5-8,11,14H,3-4,9-10,12-13H2. The highest BCUT2D eigenvalue weighted by atomic mass is 32.2.